The molecule has 0 rings (SSSR count). The van der Waals surface area contributed by atoms with Crippen LogP contribution >= 0.6 is 0 Å². The van der Waals surface area contributed by atoms with Gasteiger partial charge in [-0.1, -0.05) is 30.4 Å². The van der Waals surface area contributed by atoms with Crippen molar-refractivity contribution < 1.29 is 4.79 Å². The number of carbonyl (C=O) groups excluding carboxylic acids is 1. The van der Waals surface area contributed by atoms with Crippen molar-refractivity contribution in [2.24, 2.45) is 5.92 Å². The molecule has 0 fully saturated rings. The summed E-state index contributed by atoms with van der Waals surface area (Å²) in [5.41, 5.74) is 0. The Labute approximate surface area is 93.6 Å². The van der Waals surface area contributed by atoms with Crippen molar-refractivity contribution in [1.82, 2.24) is 0 Å². The quantitative estimate of drug-likeness (QED) is 0.316. The Kier molecular flexibility index (Phi) is 10.2. The van der Waals surface area contributed by atoms with E-state index in [9.17, 15) is 4.79 Å². The van der Waals surface area contributed by atoms with E-state index in [0.29, 0.717) is 12.3 Å². The van der Waals surface area contributed by atoms with Crippen molar-refractivity contribution in [3.8, 4) is 0 Å². The van der Waals surface area contributed by atoms with E-state index in [1.807, 2.05) is 13.0 Å². The Morgan fingerprint density at radius 3 is 2.40 bits per heavy atom. The first kappa shape index (κ1) is 13.9. The second-order valence-electron chi connectivity index (χ2n) is 3.59. The Morgan fingerprint density at radius 2 is 1.80 bits per heavy atom. The number of aldehydes is 1. The van der Waals surface area contributed by atoms with Gasteiger partial charge >= 0.3 is 0 Å². The molecule has 0 N–H and O–H groups in total. The lowest BCUT2D eigenvalue weighted by Gasteiger charge is -2.05. The number of hydrogen-bond acceptors (Lipinski definition) is 1. The van der Waals surface area contributed by atoms with E-state index < -0.39 is 0 Å². The van der Waals surface area contributed by atoms with Crippen LogP contribution in [0.4, 0.5) is 0 Å². The molecule has 0 spiro atoms. The maximum absolute atomic E-state index is 10.3. The zero-order chi connectivity index (χ0) is 11.4. The first-order chi connectivity index (χ1) is 7.35. The Hall–Kier alpha value is -1.11. The molecule has 1 nitrogen and oxygen atoms in total. The van der Waals surface area contributed by atoms with Crippen molar-refractivity contribution in [2.75, 3.05) is 0 Å². The summed E-state index contributed by atoms with van der Waals surface area (Å²) in [6.07, 6.45) is 16.4. The van der Waals surface area contributed by atoms with E-state index in [4.69, 9.17) is 0 Å². The van der Waals surface area contributed by atoms with E-state index >= 15 is 0 Å². The number of rotatable bonds is 9. The van der Waals surface area contributed by atoms with Crippen LogP contribution in [0.15, 0.2) is 37.0 Å². The van der Waals surface area contributed by atoms with Gasteiger partial charge in [0.25, 0.3) is 0 Å². The van der Waals surface area contributed by atoms with E-state index in [1.165, 1.54) is 0 Å². The molecule has 0 aromatic carbocycles. The van der Waals surface area contributed by atoms with E-state index in [0.717, 1.165) is 32.0 Å². The normalized spacial score (nSPS) is 13.4. The Balaban J connectivity index is 3.49. The summed E-state index contributed by atoms with van der Waals surface area (Å²) in [5.74, 6) is 0.350. The standard InChI is InChI=1S/C14H22O/c1-3-5-6-7-8-9-10-11-14(4-2)12-13-15/h3-5,8-9,13-14H,2,6-7,10-12H2,1H3. The molecule has 0 aromatic heterocycles. The van der Waals surface area contributed by atoms with Gasteiger partial charge in [0, 0.05) is 6.42 Å². The van der Waals surface area contributed by atoms with Gasteiger partial charge in [-0.25, -0.2) is 0 Å². The molecule has 15 heavy (non-hydrogen) atoms. The van der Waals surface area contributed by atoms with Gasteiger partial charge in [-0.3, -0.25) is 0 Å². The van der Waals surface area contributed by atoms with Gasteiger partial charge in [0.1, 0.15) is 6.29 Å². The lowest BCUT2D eigenvalue weighted by molar-refractivity contribution is -0.108. The summed E-state index contributed by atoms with van der Waals surface area (Å²) in [4.78, 5) is 10.3. The summed E-state index contributed by atoms with van der Waals surface area (Å²) in [7, 11) is 0. The second-order valence-corrected chi connectivity index (χ2v) is 3.59. The van der Waals surface area contributed by atoms with E-state index in [-0.39, 0.29) is 0 Å². The molecule has 0 saturated carbocycles. The number of unbranched alkanes of at least 4 members (excludes halogenated alkanes) is 1. The smallest absolute Gasteiger partial charge is 0.120 e. The largest absolute Gasteiger partial charge is 0.303 e. The molecule has 0 aliphatic rings. The third kappa shape index (κ3) is 9.20. The predicted octanol–water partition coefficient (Wildman–Crippen LogP) is 4.07. The van der Waals surface area contributed by atoms with Crippen LogP contribution in [0.1, 0.15) is 39.0 Å². The molecule has 0 amide bonds. The molecule has 1 unspecified atom stereocenters. The number of allylic oxidation sites excluding steroid dienone is 5. The van der Waals surface area contributed by atoms with Crippen molar-refractivity contribution in [2.45, 2.75) is 39.0 Å². The van der Waals surface area contributed by atoms with Gasteiger partial charge in [0.15, 0.2) is 0 Å². The van der Waals surface area contributed by atoms with Gasteiger partial charge in [-0.2, -0.15) is 0 Å². The fourth-order valence-corrected chi connectivity index (χ4v) is 1.36. The summed E-state index contributed by atoms with van der Waals surface area (Å²) < 4.78 is 0. The fraction of sp³-hybridized carbons (Fsp3) is 0.500. The molecule has 0 saturated heterocycles. The third-order valence-electron chi connectivity index (χ3n) is 2.34. The molecular weight excluding hydrogens is 184 g/mol. The van der Waals surface area contributed by atoms with Crippen LogP contribution in [0, 0.1) is 5.92 Å². The SMILES string of the molecule is C=CC(CC=O)CCC=CCCC=CC. The molecule has 1 atom stereocenters. The van der Waals surface area contributed by atoms with Crippen molar-refractivity contribution >= 4 is 6.29 Å². The summed E-state index contributed by atoms with van der Waals surface area (Å²) >= 11 is 0. The van der Waals surface area contributed by atoms with Crippen molar-refractivity contribution in [3.63, 3.8) is 0 Å². The maximum Gasteiger partial charge on any atom is 0.120 e. The summed E-state index contributed by atoms with van der Waals surface area (Å²) in [5, 5.41) is 0. The van der Waals surface area contributed by atoms with Crippen LogP contribution in [-0.2, 0) is 4.79 Å². The first-order valence-corrected chi connectivity index (χ1v) is 5.67. The maximum atomic E-state index is 10.3. The molecule has 1 heteroatoms. The predicted molar refractivity (Wildman–Crippen MR) is 66.8 cm³/mol. The molecule has 0 heterocycles. The average Bonchev–Trinajstić information content (AvgIpc) is 2.26. The second kappa shape index (κ2) is 11.0. The van der Waals surface area contributed by atoms with Crippen LogP contribution in [0.25, 0.3) is 0 Å². The Bertz CT molecular complexity index is 213. The number of hydrogen-bond donors (Lipinski definition) is 0. The van der Waals surface area contributed by atoms with Crippen LogP contribution in [-0.4, -0.2) is 6.29 Å². The highest BCUT2D eigenvalue weighted by atomic mass is 16.1. The Morgan fingerprint density at radius 1 is 1.13 bits per heavy atom. The molecule has 0 aliphatic carbocycles. The highest BCUT2D eigenvalue weighted by Gasteiger charge is 2.00. The van der Waals surface area contributed by atoms with Crippen LogP contribution in [0.3, 0.4) is 0 Å². The van der Waals surface area contributed by atoms with Crippen LogP contribution < -0.4 is 0 Å². The molecule has 0 aromatic rings. The van der Waals surface area contributed by atoms with E-state index in [2.05, 4.69) is 30.9 Å². The zero-order valence-electron chi connectivity index (χ0n) is 9.69. The monoisotopic (exact) mass is 206 g/mol. The molecule has 0 aliphatic heterocycles. The van der Waals surface area contributed by atoms with E-state index in [1.54, 1.807) is 0 Å². The minimum absolute atomic E-state index is 0.350. The van der Waals surface area contributed by atoms with Gasteiger partial charge < -0.3 is 4.79 Å². The minimum atomic E-state index is 0.350. The van der Waals surface area contributed by atoms with Crippen molar-refractivity contribution in [3.05, 3.63) is 37.0 Å². The molecule has 84 valence electrons. The zero-order valence-corrected chi connectivity index (χ0v) is 9.69. The average molecular weight is 206 g/mol. The van der Waals surface area contributed by atoms with Gasteiger partial charge in [0.2, 0.25) is 0 Å². The lowest BCUT2D eigenvalue weighted by atomic mass is 10.0. The van der Waals surface area contributed by atoms with Crippen LogP contribution in [0.2, 0.25) is 0 Å². The first-order valence-electron chi connectivity index (χ1n) is 5.67. The van der Waals surface area contributed by atoms with Gasteiger partial charge in [-0.15, -0.1) is 6.58 Å². The number of carbonyl (C=O) groups is 1. The molecule has 0 bridgehead atoms. The van der Waals surface area contributed by atoms with Gasteiger partial charge in [-0.05, 0) is 38.5 Å². The van der Waals surface area contributed by atoms with Gasteiger partial charge in [0.05, 0.1) is 0 Å². The molecular formula is C14H22O. The highest BCUT2D eigenvalue weighted by molar-refractivity contribution is 5.50. The lowest BCUT2D eigenvalue weighted by Crippen LogP contribution is -1.95. The van der Waals surface area contributed by atoms with Crippen LogP contribution in [0.5, 0.6) is 0 Å². The third-order valence-corrected chi connectivity index (χ3v) is 2.34. The molecule has 0 radical (unpaired) electrons. The fourth-order valence-electron chi connectivity index (χ4n) is 1.36. The highest BCUT2D eigenvalue weighted by Crippen LogP contribution is 2.11. The van der Waals surface area contributed by atoms with Crippen molar-refractivity contribution in [1.29, 1.82) is 0 Å². The summed E-state index contributed by atoms with van der Waals surface area (Å²) in [6, 6.07) is 0. The minimum Gasteiger partial charge on any atom is -0.303 e. The topological polar surface area (TPSA) is 17.1 Å². The summed E-state index contributed by atoms with van der Waals surface area (Å²) in [6.45, 7) is 5.77.